The van der Waals surface area contributed by atoms with Crippen molar-refractivity contribution in [3.63, 3.8) is 0 Å². The summed E-state index contributed by atoms with van der Waals surface area (Å²) in [7, 11) is 1.62. The maximum Gasteiger partial charge on any atom is 0.312 e. The van der Waals surface area contributed by atoms with Gasteiger partial charge in [0.15, 0.2) is 0 Å². The number of ether oxygens (including phenoxy) is 1. The van der Waals surface area contributed by atoms with Gasteiger partial charge >= 0.3 is 5.97 Å². The molecule has 11 atom stereocenters. The molecule has 0 aromatic heterocycles. The number of hydrogen-bond donors (Lipinski definition) is 0. The number of esters is 1. The highest BCUT2D eigenvalue weighted by Gasteiger charge is 2.70. The molecule has 0 radical (unpaired) electrons. The van der Waals surface area contributed by atoms with Gasteiger partial charge < -0.3 is 4.74 Å². The lowest BCUT2D eigenvalue weighted by Gasteiger charge is -2.70. The molecule has 6 aliphatic rings. The lowest BCUT2D eigenvalue weighted by Crippen LogP contribution is -2.63. The molecule has 0 heterocycles. The van der Waals surface area contributed by atoms with Crippen LogP contribution in [-0.4, -0.2) is 13.1 Å². The summed E-state index contributed by atoms with van der Waals surface area (Å²) in [6.07, 6.45) is 15.5. The predicted molar refractivity (Wildman–Crippen MR) is 143 cm³/mol. The molecule has 0 amide bonds. The number of allylic oxidation sites excluding steroid dienone is 2. The molecule has 5 saturated carbocycles. The minimum atomic E-state index is -0.290. The first-order chi connectivity index (χ1) is 16.3. The average molecular weight is 481 g/mol. The van der Waals surface area contributed by atoms with Gasteiger partial charge in [-0.1, -0.05) is 60.1 Å². The van der Waals surface area contributed by atoms with Crippen molar-refractivity contribution in [2.24, 2.45) is 68.5 Å². The van der Waals surface area contributed by atoms with E-state index in [-0.39, 0.29) is 16.8 Å². The average Bonchev–Trinajstić information content (AvgIpc) is 3.51. The maximum atomic E-state index is 13.5. The van der Waals surface area contributed by atoms with Gasteiger partial charge in [-0.15, -0.1) is 0 Å². The molecule has 5 fully saturated rings. The van der Waals surface area contributed by atoms with E-state index in [1.165, 1.54) is 38.5 Å². The second-order valence-corrected chi connectivity index (χ2v) is 15.9. The summed E-state index contributed by atoms with van der Waals surface area (Å²) in [6, 6.07) is 0. The van der Waals surface area contributed by atoms with E-state index >= 15 is 0 Å². The molecule has 6 aliphatic carbocycles. The molecule has 0 aliphatic heterocycles. The number of carbonyl (C=O) groups is 1. The van der Waals surface area contributed by atoms with Gasteiger partial charge in [-0.25, -0.2) is 0 Å². The van der Waals surface area contributed by atoms with Gasteiger partial charge in [0, 0.05) is 0 Å². The largest absolute Gasteiger partial charge is 0.469 e. The summed E-state index contributed by atoms with van der Waals surface area (Å²) in [5, 5.41) is 0. The van der Waals surface area contributed by atoms with E-state index in [0.29, 0.717) is 34.0 Å². The first kappa shape index (κ1) is 24.5. The van der Waals surface area contributed by atoms with E-state index in [1.807, 2.05) is 0 Å². The Bertz CT molecular complexity index is 947. The minimum absolute atomic E-state index is 0.0810. The minimum Gasteiger partial charge on any atom is -0.469 e. The Kier molecular flexibility index (Phi) is 5.19. The molecule has 2 nitrogen and oxygen atoms in total. The first-order valence-electron chi connectivity index (χ1n) is 15.1. The van der Waals surface area contributed by atoms with Crippen LogP contribution < -0.4 is 0 Å². The van der Waals surface area contributed by atoms with Crippen molar-refractivity contribution in [2.45, 2.75) is 113 Å². The standard InChI is InChI=1S/C33H52O2/c1-20-11-14-33(28(34)35-8)16-15-31(6)24(27(33)21(20)2)9-10-26-30(5)19-23-17-22(23)18-29(3,4)25(30)12-13-32(26,31)7/h9,20-23,25-27H,10-19H2,1-8H3/t20-,21+,22?,23-,25?,26?,27?,30?,31-,32-,33+/m1/s1. The fourth-order valence-corrected chi connectivity index (χ4v) is 12.2. The van der Waals surface area contributed by atoms with Crippen LogP contribution in [0, 0.1) is 68.5 Å². The van der Waals surface area contributed by atoms with Gasteiger partial charge in [-0.3, -0.25) is 4.79 Å². The van der Waals surface area contributed by atoms with E-state index in [4.69, 9.17) is 4.74 Å². The van der Waals surface area contributed by atoms with Gasteiger partial charge in [0.2, 0.25) is 0 Å². The second-order valence-electron chi connectivity index (χ2n) is 15.9. The van der Waals surface area contributed by atoms with Crippen LogP contribution >= 0.6 is 0 Å². The zero-order valence-electron chi connectivity index (χ0n) is 24.0. The Balaban J connectivity index is 1.46. The van der Waals surface area contributed by atoms with Gasteiger partial charge in [-0.05, 0) is 127 Å². The summed E-state index contributed by atoms with van der Waals surface area (Å²) in [6.45, 7) is 18.2. The van der Waals surface area contributed by atoms with E-state index in [2.05, 4.69) is 54.5 Å². The summed E-state index contributed by atoms with van der Waals surface area (Å²) >= 11 is 0. The topological polar surface area (TPSA) is 26.3 Å². The fourth-order valence-electron chi connectivity index (χ4n) is 12.2. The van der Waals surface area contributed by atoms with Gasteiger partial charge in [0.1, 0.15) is 0 Å². The highest BCUT2D eigenvalue weighted by Crippen LogP contribution is 2.77. The molecule has 35 heavy (non-hydrogen) atoms. The molecule has 0 saturated heterocycles. The van der Waals surface area contributed by atoms with Crippen LogP contribution in [-0.2, 0) is 9.53 Å². The number of rotatable bonds is 1. The van der Waals surface area contributed by atoms with E-state index in [9.17, 15) is 4.79 Å². The maximum absolute atomic E-state index is 13.5. The predicted octanol–water partition coefficient (Wildman–Crippen LogP) is 8.45. The molecular formula is C33H52O2. The highest BCUT2D eigenvalue weighted by atomic mass is 16.5. The zero-order chi connectivity index (χ0) is 25.2. The second kappa shape index (κ2) is 7.41. The Hall–Kier alpha value is -0.790. The van der Waals surface area contributed by atoms with E-state index in [0.717, 1.165) is 49.4 Å². The molecule has 2 heteroatoms. The summed E-state index contributed by atoms with van der Waals surface area (Å²) in [5.41, 5.74) is 2.83. The lowest BCUT2D eigenvalue weighted by molar-refractivity contribution is -0.183. The summed E-state index contributed by atoms with van der Waals surface area (Å²) in [5.74, 6) is 5.27. The zero-order valence-corrected chi connectivity index (χ0v) is 24.0. The van der Waals surface area contributed by atoms with Crippen molar-refractivity contribution in [3.05, 3.63) is 11.6 Å². The molecule has 196 valence electrons. The number of hydrogen-bond acceptors (Lipinski definition) is 2. The third-order valence-corrected chi connectivity index (χ3v) is 14.3. The number of carbonyl (C=O) groups excluding carboxylic acids is 1. The van der Waals surface area contributed by atoms with Crippen molar-refractivity contribution in [3.8, 4) is 0 Å². The molecule has 0 bridgehead atoms. The summed E-state index contributed by atoms with van der Waals surface area (Å²) < 4.78 is 5.55. The van der Waals surface area contributed by atoms with Crippen LogP contribution in [0.1, 0.15) is 113 Å². The van der Waals surface area contributed by atoms with Crippen LogP contribution in [0.4, 0.5) is 0 Å². The van der Waals surface area contributed by atoms with Gasteiger partial charge in [0.25, 0.3) is 0 Å². The van der Waals surface area contributed by atoms with Crippen LogP contribution in [0.15, 0.2) is 11.6 Å². The SMILES string of the molecule is COC(=O)[C@]12CC[C@@H](C)[C@H](C)C1C1=CCC3C4(C)C[C@H]5CC5CC(C)(C)C4CC[C@@]3(C)[C@]1(C)CC2. The van der Waals surface area contributed by atoms with Crippen molar-refractivity contribution in [1.82, 2.24) is 0 Å². The third kappa shape index (κ3) is 2.98. The molecule has 0 spiro atoms. The Labute approximate surface area is 215 Å². The first-order valence-corrected chi connectivity index (χ1v) is 15.1. The molecule has 0 N–H and O–H groups in total. The van der Waals surface area contributed by atoms with Crippen LogP contribution in [0.5, 0.6) is 0 Å². The van der Waals surface area contributed by atoms with Gasteiger partial charge in [-0.2, -0.15) is 0 Å². The normalized spacial score (nSPS) is 56.1. The molecular weight excluding hydrogens is 428 g/mol. The quantitative estimate of drug-likeness (QED) is 0.278. The van der Waals surface area contributed by atoms with Crippen molar-refractivity contribution in [2.75, 3.05) is 7.11 Å². The fraction of sp³-hybridized carbons (Fsp3) is 0.909. The Morgan fingerprint density at radius 1 is 0.914 bits per heavy atom. The molecule has 0 aromatic carbocycles. The van der Waals surface area contributed by atoms with Crippen LogP contribution in [0.25, 0.3) is 0 Å². The highest BCUT2D eigenvalue weighted by molar-refractivity contribution is 5.78. The van der Waals surface area contributed by atoms with E-state index in [1.54, 1.807) is 12.7 Å². The molecule has 0 aromatic rings. The lowest BCUT2D eigenvalue weighted by atomic mass is 9.34. The smallest absolute Gasteiger partial charge is 0.312 e. The van der Waals surface area contributed by atoms with Crippen molar-refractivity contribution in [1.29, 1.82) is 0 Å². The summed E-state index contributed by atoms with van der Waals surface area (Å²) in [4.78, 5) is 13.5. The monoisotopic (exact) mass is 480 g/mol. The number of fused-ring (bicyclic) bond motifs is 8. The third-order valence-electron chi connectivity index (χ3n) is 14.3. The molecule has 5 unspecified atom stereocenters. The molecule has 6 rings (SSSR count). The van der Waals surface area contributed by atoms with E-state index < -0.39 is 0 Å². The number of methoxy groups -OCH3 is 1. The van der Waals surface area contributed by atoms with Crippen LogP contribution in [0.2, 0.25) is 0 Å². The van der Waals surface area contributed by atoms with Crippen molar-refractivity contribution >= 4 is 5.97 Å². The Morgan fingerprint density at radius 2 is 1.63 bits per heavy atom. The van der Waals surface area contributed by atoms with Gasteiger partial charge in [0.05, 0.1) is 12.5 Å². The Morgan fingerprint density at radius 3 is 2.34 bits per heavy atom. The van der Waals surface area contributed by atoms with Crippen molar-refractivity contribution < 1.29 is 9.53 Å². The van der Waals surface area contributed by atoms with Crippen LogP contribution in [0.3, 0.4) is 0 Å².